The van der Waals surface area contributed by atoms with Crippen LogP contribution >= 0.6 is 0 Å². The highest BCUT2D eigenvalue weighted by Gasteiger charge is 2.15. The van der Waals surface area contributed by atoms with Crippen molar-refractivity contribution in [1.82, 2.24) is 4.90 Å². The van der Waals surface area contributed by atoms with Gasteiger partial charge in [-0.2, -0.15) is 5.26 Å². The lowest BCUT2D eigenvalue weighted by Crippen LogP contribution is -2.41. The van der Waals surface area contributed by atoms with E-state index in [-0.39, 0.29) is 6.61 Å². The Bertz CT molecular complexity index is 440. The molecule has 1 rings (SSSR count). The first-order chi connectivity index (χ1) is 10.1. The number of aliphatic hydroxyl groups is 1. The van der Waals surface area contributed by atoms with Crippen molar-refractivity contribution in [2.45, 2.75) is 26.0 Å². The van der Waals surface area contributed by atoms with Gasteiger partial charge in [-0.25, -0.2) is 0 Å². The van der Waals surface area contributed by atoms with Gasteiger partial charge in [0.15, 0.2) is 0 Å². The van der Waals surface area contributed by atoms with Gasteiger partial charge in [-0.3, -0.25) is 4.90 Å². The molecule has 0 aromatic heterocycles. The SMILES string of the molecule is COCCN(CC(O)COc1ccc(C#N)cc1)C(C)C. The van der Waals surface area contributed by atoms with Gasteiger partial charge in [-0.05, 0) is 38.1 Å². The van der Waals surface area contributed by atoms with Crippen LogP contribution < -0.4 is 4.74 Å². The predicted molar refractivity (Wildman–Crippen MR) is 81.2 cm³/mol. The zero-order valence-electron chi connectivity index (χ0n) is 13.0. The summed E-state index contributed by atoms with van der Waals surface area (Å²) in [5, 5.41) is 18.8. The van der Waals surface area contributed by atoms with Gasteiger partial charge >= 0.3 is 0 Å². The molecule has 0 bridgehead atoms. The average molecular weight is 292 g/mol. The van der Waals surface area contributed by atoms with E-state index in [4.69, 9.17) is 14.7 Å². The highest BCUT2D eigenvalue weighted by molar-refractivity contribution is 5.34. The lowest BCUT2D eigenvalue weighted by atomic mass is 10.2. The third kappa shape index (κ3) is 6.58. The fourth-order valence-corrected chi connectivity index (χ4v) is 1.91. The molecular weight excluding hydrogens is 268 g/mol. The van der Waals surface area contributed by atoms with E-state index in [0.717, 1.165) is 6.54 Å². The topological polar surface area (TPSA) is 65.7 Å². The lowest BCUT2D eigenvalue weighted by Gasteiger charge is -2.28. The van der Waals surface area contributed by atoms with Crippen molar-refractivity contribution in [2.75, 3.05) is 33.4 Å². The second-order valence-corrected chi connectivity index (χ2v) is 5.18. The van der Waals surface area contributed by atoms with Crippen LogP contribution in [-0.2, 0) is 4.74 Å². The van der Waals surface area contributed by atoms with Crippen LogP contribution in [-0.4, -0.2) is 55.6 Å². The number of methoxy groups -OCH3 is 1. The number of hydrogen-bond donors (Lipinski definition) is 1. The van der Waals surface area contributed by atoms with Gasteiger partial charge in [0.1, 0.15) is 18.5 Å². The van der Waals surface area contributed by atoms with Crippen LogP contribution in [0.4, 0.5) is 0 Å². The molecule has 1 aromatic carbocycles. The molecule has 0 amide bonds. The summed E-state index contributed by atoms with van der Waals surface area (Å²) in [6, 6.07) is 9.25. The fourth-order valence-electron chi connectivity index (χ4n) is 1.91. The fraction of sp³-hybridized carbons (Fsp3) is 0.562. The van der Waals surface area contributed by atoms with Crippen LogP contribution in [0.2, 0.25) is 0 Å². The first kappa shape index (κ1) is 17.4. The first-order valence-corrected chi connectivity index (χ1v) is 7.10. The second-order valence-electron chi connectivity index (χ2n) is 5.18. The number of nitriles is 1. The van der Waals surface area contributed by atoms with Gasteiger partial charge in [0.05, 0.1) is 18.2 Å². The third-order valence-corrected chi connectivity index (χ3v) is 3.18. The number of nitrogens with zero attached hydrogens (tertiary/aromatic N) is 2. The normalized spacial score (nSPS) is 12.4. The zero-order chi connectivity index (χ0) is 15.7. The summed E-state index contributed by atoms with van der Waals surface area (Å²) >= 11 is 0. The van der Waals surface area contributed by atoms with Gasteiger partial charge in [0.25, 0.3) is 0 Å². The maximum atomic E-state index is 10.1. The Morgan fingerprint density at radius 2 is 1.95 bits per heavy atom. The Morgan fingerprint density at radius 1 is 1.29 bits per heavy atom. The number of rotatable bonds is 9. The summed E-state index contributed by atoms with van der Waals surface area (Å²) in [7, 11) is 1.67. The molecule has 1 atom stereocenters. The molecular formula is C16H24N2O3. The molecule has 1 N–H and O–H groups in total. The van der Waals surface area contributed by atoms with Gasteiger partial charge in [0.2, 0.25) is 0 Å². The largest absolute Gasteiger partial charge is 0.491 e. The van der Waals surface area contributed by atoms with E-state index in [1.165, 1.54) is 0 Å². The van der Waals surface area contributed by atoms with Crippen LogP contribution in [0.5, 0.6) is 5.75 Å². The van der Waals surface area contributed by atoms with E-state index in [0.29, 0.717) is 30.5 Å². The van der Waals surface area contributed by atoms with E-state index >= 15 is 0 Å². The molecule has 5 nitrogen and oxygen atoms in total. The monoisotopic (exact) mass is 292 g/mol. The van der Waals surface area contributed by atoms with Crippen LogP contribution in [0.1, 0.15) is 19.4 Å². The van der Waals surface area contributed by atoms with Crippen molar-refractivity contribution >= 4 is 0 Å². The van der Waals surface area contributed by atoms with Crippen molar-refractivity contribution in [2.24, 2.45) is 0 Å². The molecule has 0 saturated carbocycles. The minimum Gasteiger partial charge on any atom is -0.491 e. The Hall–Kier alpha value is -1.61. The quantitative estimate of drug-likeness (QED) is 0.750. The summed E-state index contributed by atoms with van der Waals surface area (Å²) in [4.78, 5) is 2.15. The molecule has 0 radical (unpaired) electrons. The van der Waals surface area contributed by atoms with Crippen LogP contribution in [0, 0.1) is 11.3 Å². The molecule has 116 valence electrons. The summed E-state index contributed by atoms with van der Waals surface area (Å²) in [6.45, 7) is 6.36. The molecule has 21 heavy (non-hydrogen) atoms. The molecule has 0 aliphatic heterocycles. The van der Waals surface area contributed by atoms with Crippen molar-refractivity contribution in [3.05, 3.63) is 29.8 Å². The first-order valence-electron chi connectivity index (χ1n) is 7.10. The standard InChI is InChI=1S/C16H24N2O3/c1-13(2)18(8-9-20-3)11-15(19)12-21-16-6-4-14(10-17)5-7-16/h4-7,13,15,19H,8-9,11-12H2,1-3H3. The number of benzene rings is 1. The Labute approximate surface area is 126 Å². The van der Waals surface area contributed by atoms with Crippen molar-refractivity contribution in [1.29, 1.82) is 5.26 Å². The summed E-state index contributed by atoms with van der Waals surface area (Å²) in [5.41, 5.74) is 0.591. The van der Waals surface area contributed by atoms with Crippen molar-refractivity contribution < 1.29 is 14.6 Å². The molecule has 0 spiro atoms. The van der Waals surface area contributed by atoms with E-state index in [2.05, 4.69) is 24.8 Å². The zero-order valence-corrected chi connectivity index (χ0v) is 13.0. The van der Waals surface area contributed by atoms with Crippen LogP contribution in [0.25, 0.3) is 0 Å². The summed E-state index contributed by atoms with van der Waals surface area (Å²) in [6.07, 6.45) is -0.570. The second kappa shape index (κ2) is 9.35. The number of hydrogen-bond acceptors (Lipinski definition) is 5. The molecule has 0 aliphatic rings. The van der Waals surface area contributed by atoms with E-state index in [1.807, 2.05) is 0 Å². The molecule has 1 aromatic rings. The summed E-state index contributed by atoms with van der Waals surface area (Å²) in [5.74, 6) is 0.654. The molecule has 5 heteroatoms. The molecule has 0 heterocycles. The molecule has 0 saturated heterocycles. The molecule has 1 unspecified atom stereocenters. The Morgan fingerprint density at radius 3 is 2.48 bits per heavy atom. The maximum absolute atomic E-state index is 10.1. The third-order valence-electron chi connectivity index (χ3n) is 3.18. The predicted octanol–water partition coefficient (Wildman–Crippen LogP) is 1.65. The van der Waals surface area contributed by atoms with E-state index < -0.39 is 6.10 Å². The highest BCUT2D eigenvalue weighted by Crippen LogP contribution is 2.12. The van der Waals surface area contributed by atoms with Gasteiger partial charge in [-0.1, -0.05) is 0 Å². The van der Waals surface area contributed by atoms with Gasteiger partial charge < -0.3 is 14.6 Å². The van der Waals surface area contributed by atoms with Gasteiger partial charge in [0, 0.05) is 26.2 Å². The van der Waals surface area contributed by atoms with Crippen LogP contribution in [0.15, 0.2) is 24.3 Å². The number of ether oxygens (including phenoxy) is 2. The van der Waals surface area contributed by atoms with Crippen LogP contribution in [0.3, 0.4) is 0 Å². The van der Waals surface area contributed by atoms with Gasteiger partial charge in [-0.15, -0.1) is 0 Å². The lowest BCUT2D eigenvalue weighted by molar-refractivity contribution is 0.0453. The molecule has 0 aliphatic carbocycles. The minimum absolute atomic E-state index is 0.224. The average Bonchev–Trinajstić information content (AvgIpc) is 2.49. The summed E-state index contributed by atoms with van der Waals surface area (Å²) < 4.78 is 10.6. The number of aliphatic hydroxyl groups excluding tert-OH is 1. The molecule has 0 fully saturated rings. The maximum Gasteiger partial charge on any atom is 0.119 e. The van der Waals surface area contributed by atoms with Crippen molar-refractivity contribution in [3.8, 4) is 11.8 Å². The highest BCUT2D eigenvalue weighted by atomic mass is 16.5. The Balaban J connectivity index is 2.40. The smallest absolute Gasteiger partial charge is 0.119 e. The minimum atomic E-state index is -0.570. The van der Waals surface area contributed by atoms with Crippen molar-refractivity contribution in [3.63, 3.8) is 0 Å². The van der Waals surface area contributed by atoms with E-state index in [1.54, 1.807) is 31.4 Å². The Kier molecular flexibility index (Phi) is 7.76. The van der Waals surface area contributed by atoms with E-state index in [9.17, 15) is 5.11 Å².